The molecule has 6 nitrogen and oxygen atoms in total. The van der Waals surface area contributed by atoms with Crippen LogP contribution in [0.2, 0.25) is 0 Å². The van der Waals surface area contributed by atoms with Gasteiger partial charge in [0.15, 0.2) is 0 Å². The van der Waals surface area contributed by atoms with E-state index in [1.54, 1.807) is 14.2 Å². The third kappa shape index (κ3) is 3.66. The number of methoxy groups -OCH3 is 2. The molecule has 1 saturated heterocycles. The van der Waals surface area contributed by atoms with Crippen molar-refractivity contribution in [3.63, 3.8) is 0 Å². The molecule has 1 aliphatic heterocycles. The molecule has 0 unspecified atom stereocenters. The third-order valence-electron chi connectivity index (χ3n) is 5.00. The van der Waals surface area contributed by atoms with Crippen molar-refractivity contribution in [3.8, 4) is 22.9 Å². The molecule has 2 heterocycles. The van der Waals surface area contributed by atoms with Crippen molar-refractivity contribution >= 4 is 0 Å². The summed E-state index contributed by atoms with van der Waals surface area (Å²) in [5, 5.41) is 4.13. The fourth-order valence-corrected chi connectivity index (χ4v) is 3.66. The van der Waals surface area contributed by atoms with E-state index in [-0.39, 0.29) is 6.04 Å². The maximum absolute atomic E-state index is 5.60. The van der Waals surface area contributed by atoms with Gasteiger partial charge in [-0.05, 0) is 25.5 Å². The van der Waals surface area contributed by atoms with E-state index >= 15 is 0 Å². The van der Waals surface area contributed by atoms with E-state index in [2.05, 4.69) is 21.1 Å². The molecule has 3 aromatic rings. The van der Waals surface area contributed by atoms with Gasteiger partial charge in [0.2, 0.25) is 11.7 Å². The first-order chi connectivity index (χ1) is 13.3. The van der Waals surface area contributed by atoms with Crippen LogP contribution in [0, 0.1) is 0 Å². The zero-order valence-corrected chi connectivity index (χ0v) is 15.6. The SMILES string of the molecule is COc1ccc([C@@H]2CCCN2Cc2nc(-c3ccccc3)no2)c(OC)c1. The molecule has 140 valence electrons. The Labute approximate surface area is 158 Å². The van der Waals surface area contributed by atoms with Crippen LogP contribution in [-0.2, 0) is 6.54 Å². The van der Waals surface area contributed by atoms with Crippen molar-refractivity contribution in [1.82, 2.24) is 15.0 Å². The minimum absolute atomic E-state index is 0.262. The number of likely N-dealkylation sites (tertiary alicyclic amines) is 1. The topological polar surface area (TPSA) is 60.6 Å². The van der Waals surface area contributed by atoms with E-state index in [0.29, 0.717) is 18.3 Å². The molecule has 0 N–H and O–H groups in total. The molecule has 0 saturated carbocycles. The number of ether oxygens (including phenoxy) is 2. The quantitative estimate of drug-likeness (QED) is 0.656. The van der Waals surface area contributed by atoms with Crippen LogP contribution in [0.3, 0.4) is 0 Å². The second-order valence-corrected chi connectivity index (χ2v) is 6.61. The Morgan fingerprint density at radius 2 is 1.96 bits per heavy atom. The molecule has 6 heteroatoms. The average molecular weight is 365 g/mol. The Balaban J connectivity index is 1.54. The van der Waals surface area contributed by atoms with Gasteiger partial charge >= 0.3 is 0 Å². The second kappa shape index (κ2) is 7.80. The van der Waals surface area contributed by atoms with Gasteiger partial charge in [-0.2, -0.15) is 4.98 Å². The van der Waals surface area contributed by atoms with Crippen LogP contribution in [-0.4, -0.2) is 35.8 Å². The lowest BCUT2D eigenvalue weighted by atomic mass is 10.0. The van der Waals surface area contributed by atoms with Gasteiger partial charge in [-0.15, -0.1) is 0 Å². The number of hydrogen-bond donors (Lipinski definition) is 0. The van der Waals surface area contributed by atoms with Gasteiger partial charge in [0.05, 0.1) is 20.8 Å². The molecular formula is C21H23N3O3. The maximum Gasteiger partial charge on any atom is 0.241 e. The van der Waals surface area contributed by atoms with Gasteiger partial charge in [-0.25, -0.2) is 0 Å². The number of nitrogens with zero attached hydrogens (tertiary/aromatic N) is 3. The standard InChI is InChI=1S/C21H23N3O3/c1-25-16-10-11-17(19(13-16)26-2)18-9-6-12-24(18)14-20-22-21(23-27-20)15-7-4-3-5-8-15/h3-5,7-8,10-11,13,18H,6,9,12,14H2,1-2H3/t18-/m0/s1. The summed E-state index contributed by atoms with van der Waals surface area (Å²) in [6.07, 6.45) is 2.20. The van der Waals surface area contributed by atoms with Crippen LogP contribution < -0.4 is 9.47 Å². The minimum atomic E-state index is 0.262. The molecule has 2 aromatic carbocycles. The van der Waals surface area contributed by atoms with Crippen LogP contribution in [0.25, 0.3) is 11.4 Å². The smallest absolute Gasteiger partial charge is 0.241 e. The summed E-state index contributed by atoms with van der Waals surface area (Å²) in [6.45, 7) is 1.61. The molecule has 0 bridgehead atoms. The number of benzene rings is 2. The van der Waals surface area contributed by atoms with Gasteiger partial charge in [-0.1, -0.05) is 41.6 Å². The Morgan fingerprint density at radius 3 is 2.74 bits per heavy atom. The highest BCUT2D eigenvalue weighted by atomic mass is 16.5. The fourth-order valence-electron chi connectivity index (χ4n) is 3.66. The molecular weight excluding hydrogens is 342 g/mol. The molecule has 0 radical (unpaired) electrons. The summed E-state index contributed by atoms with van der Waals surface area (Å²) in [4.78, 5) is 6.94. The van der Waals surface area contributed by atoms with Gasteiger partial charge < -0.3 is 14.0 Å². The van der Waals surface area contributed by atoms with E-state index in [4.69, 9.17) is 14.0 Å². The molecule has 1 aromatic heterocycles. The molecule has 1 fully saturated rings. The summed E-state index contributed by atoms with van der Waals surface area (Å²) in [6, 6.07) is 16.1. The van der Waals surface area contributed by atoms with Crippen molar-refractivity contribution in [3.05, 3.63) is 60.0 Å². The van der Waals surface area contributed by atoms with Crippen molar-refractivity contribution in [1.29, 1.82) is 0 Å². The highest BCUT2D eigenvalue weighted by molar-refractivity contribution is 5.53. The fraction of sp³-hybridized carbons (Fsp3) is 0.333. The highest BCUT2D eigenvalue weighted by Gasteiger charge is 2.30. The predicted octanol–water partition coefficient (Wildman–Crippen LogP) is 4.09. The largest absolute Gasteiger partial charge is 0.497 e. The van der Waals surface area contributed by atoms with E-state index in [1.165, 1.54) is 5.56 Å². The van der Waals surface area contributed by atoms with E-state index in [0.717, 1.165) is 36.4 Å². The lowest BCUT2D eigenvalue weighted by molar-refractivity contribution is 0.209. The summed E-state index contributed by atoms with van der Waals surface area (Å²) in [7, 11) is 3.36. The molecule has 0 spiro atoms. The van der Waals surface area contributed by atoms with E-state index in [9.17, 15) is 0 Å². The Hall–Kier alpha value is -2.86. The second-order valence-electron chi connectivity index (χ2n) is 6.61. The maximum atomic E-state index is 5.60. The van der Waals surface area contributed by atoms with Crippen molar-refractivity contribution in [2.75, 3.05) is 20.8 Å². The number of aromatic nitrogens is 2. The Kier molecular flexibility index (Phi) is 5.07. The Bertz CT molecular complexity index is 895. The molecule has 0 aliphatic carbocycles. The van der Waals surface area contributed by atoms with Crippen LogP contribution in [0.5, 0.6) is 11.5 Å². The van der Waals surface area contributed by atoms with Crippen LogP contribution in [0.15, 0.2) is 53.1 Å². The monoisotopic (exact) mass is 365 g/mol. The van der Waals surface area contributed by atoms with Crippen molar-refractivity contribution in [2.45, 2.75) is 25.4 Å². The van der Waals surface area contributed by atoms with Crippen molar-refractivity contribution in [2.24, 2.45) is 0 Å². The summed E-state index contributed by atoms with van der Waals surface area (Å²) in [5.41, 5.74) is 2.13. The zero-order chi connectivity index (χ0) is 18.6. The molecule has 1 atom stereocenters. The van der Waals surface area contributed by atoms with Gasteiger partial charge in [-0.3, -0.25) is 4.90 Å². The van der Waals surface area contributed by atoms with Crippen molar-refractivity contribution < 1.29 is 14.0 Å². The van der Waals surface area contributed by atoms with E-state index in [1.807, 2.05) is 42.5 Å². The minimum Gasteiger partial charge on any atom is -0.497 e. The lowest BCUT2D eigenvalue weighted by Crippen LogP contribution is -2.23. The normalized spacial score (nSPS) is 17.2. The molecule has 1 aliphatic rings. The lowest BCUT2D eigenvalue weighted by Gasteiger charge is -2.25. The Morgan fingerprint density at radius 1 is 1.11 bits per heavy atom. The van der Waals surface area contributed by atoms with Crippen LogP contribution in [0.4, 0.5) is 0 Å². The zero-order valence-electron chi connectivity index (χ0n) is 15.6. The van der Waals surface area contributed by atoms with Gasteiger partial charge in [0.1, 0.15) is 11.5 Å². The predicted molar refractivity (Wildman–Crippen MR) is 102 cm³/mol. The summed E-state index contributed by atoms with van der Waals surface area (Å²) in [5.74, 6) is 2.91. The molecule has 0 amide bonds. The van der Waals surface area contributed by atoms with Gasteiger partial charge in [0, 0.05) is 23.2 Å². The highest BCUT2D eigenvalue weighted by Crippen LogP contribution is 2.39. The third-order valence-corrected chi connectivity index (χ3v) is 5.00. The van der Waals surface area contributed by atoms with Gasteiger partial charge in [0.25, 0.3) is 0 Å². The van der Waals surface area contributed by atoms with Crippen LogP contribution in [0.1, 0.15) is 30.3 Å². The first-order valence-corrected chi connectivity index (χ1v) is 9.12. The average Bonchev–Trinajstić information content (AvgIpc) is 3.38. The molecule has 4 rings (SSSR count). The first kappa shape index (κ1) is 17.5. The first-order valence-electron chi connectivity index (χ1n) is 9.12. The number of rotatable bonds is 6. The summed E-state index contributed by atoms with van der Waals surface area (Å²) < 4.78 is 16.4. The molecule has 27 heavy (non-hydrogen) atoms. The number of hydrogen-bond acceptors (Lipinski definition) is 6. The van der Waals surface area contributed by atoms with E-state index < -0.39 is 0 Å². The summed E-state index contributed by atoms with van der Waals surface area (Å²) >= 11 is 0. The van der Waals surface area contributed by atoms with Crippen LogP contribution >= 0.6 is 0 Å².